The van der Waals surface area contributed by atoms with E-state index in [0.717, 1.165) is 49.8 Å². The lowest BCUT2D eigenvalue weighted by molar-refractivity contribution is 0.349. The van der Waals surface area contributed by atoms with Crippen LogP contribution in [0.1, 0.15) is 61.9 Å². The molecule has 0 radical (unpaired) electrons. The van der Waals surface area contributed by atoms with Crippen molar-refractivity contribution in [3.63, 3.8) is 0 Å². The highest BCUT2D eigenvalue weighted by molar-refractivity contribution is 5.38. The van der Waals surface area contributed by atoms with Gasteiger partial charge in [-0.1, -0.05) is 0 Å². The number of aromatic nitrogens is 4. The van der Waals surface area contributed by atoms with Gasteiger partial charge in [0.2, 0.25) is 0 Å². The van der Waals surface area contributed by atoms with Crippen LogP contribution in [-0.2, 0) is 6.54 Å². The van der Waals surface area contributed by atoms with E-state index in [1.165, 1.54) is 25.7 Å². The summed E-state index contributed by atoms with van der Waals surface area (Å²) in [4.78, 5) is 28.4. The molecule has 0 aromatic carbocycles. The fourth-order valence-corrected chi connectivity index (χ4v) is 3.88. The predicted molar refractivity (Wildman–Crippen MR) is 99.4 cm³/mol. The molecule has 2 saturated carbocycles. The molecular weight excluding hydrogens is 326 g/mol. The van der Waals surface area contributed by atoms with E-state index >= 15 is 0 Å². The molecule has 6 nitrogen and oxygen atoms in total. The van der Waals surface area contributed by atoms with Crippen molar-refractivity contribution in [1.29, 1.82) is 0 Å². The van der Waals surface area contributed by atoms with Crippen LogP contribution in [0.5, 0.6) is 0 Å². The molecule has 6 heteroatoms. The maximum Gasteiger partial charge on any atom is 0.253 e. The maximum atomic E-state index is 12.3. The van der Waals surface area contributed by atoms with Crippen molar-refractivity contribution in [3.05, 3.63) is 46.5 Å². The second-order valence-corrected chi connectivity index (χ2v) is 8.06. The summed E-state index contributed by atoms with van der Waals surface area (Å²) in [5.41, 5.74) is 1.09. The average Bonchev–Trinajstić information content (AvgIpc) is 3.57. The number of anilines is 1. The van der Waals surface area contributed by atoms with E-state index in [1.807, 2.05) is 12.3 Å². The Balaban J connectivity index is 1.20. The molecule has 26 heavy (non-hydrogen) atoms. The molecule has 0 unspecified atom stereocenters. The molecule has 0 atom stereocenters. The Kier molecular flexibility index (Phi) is 3.98. The van der Waals surface area contributed by atoms with Crippen LogP contribution in [0.3, 0.4) is 0 Å². The van der Waals surface area contributed by atoms with Crippen LogP contribution >= 0.6 is 0 Å². The van der Waals surface area contributed by atoms with E-state index in [0.29, 0.717) is 17.8 Å². The Labute approximate surface area is 153 Å². The molecule has 3 fully saturated rings. The summed E-state index contributed by atoms with van der Waals surface area (Å²) in [6.07, 6.45) is 10.6. The van der Waals surface area contributed by atoms with Gasteiger partial charge in [-0.25, -0.2) is 15.0 Å². The third kappa shape index (κ3) is 3.37. The molecule has 0 spiro atoms. The van der Waals surface area contributed by atoms with Gasteiger partial charge in [-0.15, -0.1) is 0 Å². The van der Waals surface area contributed by atoms with Crippen molar-refractivity contribution in [2.24, 2.45) is 5.92 Å². The van der Waals surface area contributed by atoms with Crippen LogP contribution in [0.15, 0.2) is 29.5 Å². The summed E-state index contributed by atoms with van der Waals surface area (Å²) in [7, 11) is 0. The fraction of sp³-hybridized carbons (Fsp3) is 0.600. The quantitative estimate of drug-likeness (QED) is 0.829. The molecule has 1 saturated heterocycles. The van der Waals surface area contributed by atoms with Crippen LogP contribution in [0, 0.1) is 5.92 Å². The van der Waals surface area contributed by atoms with E-state index in [4.69, 9.17) is 4.98 Å². The van der Waals surface area contributed by atoms with E-state index in [9.17, 15) is 4.79 Å². The Hall–Kier alpha value is -2.24. The zero-order valence-corrected chi connectivity index (χ0v) is 15.0. The van der Waals surface area contributed by atoms with E-state index in [-0.39, 0.29) is 5.56 Å². The minimum Gasteiger partial charge on any atom is -0.356 e. The predicted octanol–water partition coefficient (Wildman–Crippen LogP) is 2.70. The lowest BCUT2D eigenvalue weighted by atomic mass is 9.96. The fourth-order valence-electron chi connectivity index (χ4n) is 3.88. The highest BCUT2D eigenvalue weighted by atomic mass is 16.1. The number of nitrogens with zero attached hydrogens (tertiary/aromatic N) is 5. The topological polar surface area (TPSA) is 63.9 Å². The van der Waals surface area contributed by atoms with Crippen molar-refractivity contribution in [2.45, 2.75) is 56.9 Å². The standard InChI is InChI=1S/C20H25N5O/c26-19-11-17(15-1-2-15)22-13-25(19)12-14-6-9-24(10-7-14)18-5-8-21-20(23-18)16-3-4-16/h5,8,11,13-16H,1-4,6-7,9-10,12H2. The molecule has 2 aromatic rings. The maximum absolute atomic E-state index is 12.3. The number of piperidine rings is 1. The molecule has 5 rings (SSSR count). The molecule has 136 valence electrons. The van der Waals surface area contributed by atoms with Gasteiger partial charge >= 0.3 is 0 Å². The summed E-state index contributed by atoms with van der Waals surface area (Å²) in [5.74, 6) is 3.73. The summed E-state index contributed by atoms with van der Waals surface area (Å²) >= 11 is 0. The number of rotatable bonds is 5. The van der Waals surface area contributed by atoms with Crippen LogP contribution in [0.25, 0.3) is 0 Å². The molecule has 1 aliphatic heterocycles. The minimum absolute atomic E-state index is 0.106. The average molecular weight is 351 g/mol. The highest BCUT2D eigenvalue weighted by Crippen LogP contribution is 2.39. The first-order valence-electron chi connectivity index (χ1n) is 9.90. The van der Waals surface area contributed by atoms with E-state index in [2.05, 4.69) is 14.9 Å². The van der Waals surface area contributed by atoms with Crippen molar-refractivity contribution < 1.29 is 0 Å². The van der Waals surface area contributed by atoms with Gasteiger partial charge in [0.05, 0.1) is 12.0 Å². The largest absolute Gasteiger partial charge is 0.356 e. The third-order valence-electron chi connectivity index (χ3n) is 5.89. The second kappa shape index (κ2) is 6.49. The lowest BCUT2D eigenvalue weighted by Crippen LogP contribution is -2.37. The summed E-state index contributed by atoms with van der Waals surface area (Å²) in [6.45, 7) is 2.77. The van der Waals surface area contributed by atoms with Gasteiger partial charge in [0, 0.05) is 43.7 Å². The Morgan fingerprint density at radius 1 is 1.00 bits per heavy atom. The second-order valence-electron chi connectivity index (χ2n) is 8.06. The highest BCUT2D eigenvalue weighted by Gasteiger charge is 2.28. The number of hydrogen-bond acceptors (Lipinski definition) is 5. The number of hydrogen-bond donors (Lipinski definition) is 0. The molecule has 0 amide bonds. The third-order valence-corrected chi connectivity index (χ3v) is 5.89. The first-order valence-corrected chi connectivity index (χ1v) is 9.90. The zero-order valence-electron chi connectivity index (χ0n) is 15.0. The van der Waals surface area contributed by atoms with Crippen LogP contribution in [0.4, 0.5) is 5.82 Å². The normalized spacial score (nSPS) is 21.2. The smallest absolute Gasteiger partial charge is 0.253 e. The van der Waals surface area contributed by atoms with Gasteiger partial charge in [-0.3, -0.25) is 9.36 Å². The minimum atomic E-state index is 0.106. The van der Waals surface area contributed by atoms with Gasteiger partial charge in [-0.2, -0.15) is 0 Å². The Morgan fingerprint density at radius 2 is 1.77 bits per heavy atom. The van der Waals surface area contributed by atoms with Crippen LogP contribution in [-0.4, -0.2) is 32.6 Å². The van der Waals surface area contributed by atoms with E-state index in [1.54, 1.807) is 17.0 Å². The van der Waals surface area contributed by atoms with Gasteiger partial charge in [0.25, 0.3) is 5.56 Å². The molecule has 0 bridgehead atoms. The first kappa shape index (κ1) is 16.0. The summed E-state index contributed by atoms with van der Waals surface area (Å²) in [6, 6.07) is 3.77. The SMILES string of the molecule is O=c1cc(C2CC2)ncn1CC1CCN(c2ccnc(C3CC3)n2)CC1. The monoisotopic (exact) mass is 351 g/mol. The Bertz CT molecular complexity index is 847. The lowest BCUT2D eigenvalue weighted by Gasteiger charge is -2.33. The molecule has 3 aliphatic rings. The van der Waals surface area contributed by atoms with Gasteiger partial charge < -0.3 is 4.90 Å². The first-order chi connectivity index (χ1) is 12.8. The van der Waals surface area contributed by atoms with Crippen molar-refractivity contribution >= 4 is 5.82 Å². The van der Waals surface area contributed by atoms with Crippen LogP contribution < -0.4 is 10.5 Å². The van der Waals surface area contributed by atoms with Gasteiger partial charge in [-0.05, 0) is 50.5 Å². The van der Waals surface area contributed by atoms with Crippen molar-refractivity contribution in [3.8, 4) is 0 Å². The molecule has 2 aromatic heterocycles. The summed E-state index contributed by atoms with van der Waals surface area (Å²) < 4.78 is 1.79. The van der Waals surface area contributed by atoms with E-state index < -0.39 is 0 Å². The van der Waals surface area contributed by atoms with Crippen molar-refractivity contribution in [2.75, 3.05) is 18.0 Å². The Morgan fingerprint density at radius 3 is 2.46 bits per heavy atom. The van der Waals surface area contributed by atoms with Gasteiger partial charge in [0.1, 0.15) is 11.6 Å². The van der Waals surface area contributed by atoms with Crippen LogP contribution in [0.2, 0.25) is 0 Å². The molecule has 0 N–H and O–H groups in total. The zero-order chi connectivity index (χ0) is 17.5. The molecule has 3 heterocycles. The van der Waals surface area contributed by atoms with Crippen molar-refractivity contribution in [1.82, 2.24) is 19.5 Å². The van der Waals surface area contributed by atoms with Gasteiger partial charge in [0.15, 0.2) is 0 Å². The summed E-state index contributed by atoms with van der Waals surface area (Å²) in [5, 5.41) is 0. The molecule has 2 aliphatic carbocycles. The molecular formula is C20H25N5O.